The molecule has 0 amide bonds. The molecule has 20 heavy (non-hydrogen) atoms. The Morgan fingerprint density at radius 3 is 2.65 bits per heavy atom. The van der Waals surface area contributed by atoms with Crippen LogP contribution >= 0.6 is 35.7 Å². The lowest BCUT2D eigenvalue weighted by Gasteiger charge is -2.24. The summed E-state index contributed by atoms with van der Waals surface area (Å²) in [6.45, 7) is 6.39. The van der Waals surface area contributed by atoms with Gasteiger partial charge in [0.2, 0.25) is 0 Å². The molecule has 0 aromatic rings. The number of aliphatic imine (C=N–C) groups is 1. The minimum atomic E-state index is 0. The molecule has 0 aromatic heterocycles. The minimum absolute atomic E-state index is 0. The van der Waals surface area contributed by atoms with Crippen LogP contribution in [0, 0.1) is 0 Å². The Hall–Kier alpha value is 0.0900. The van der Waals surface area contributed by atoms with Crippen LogP contribution in [0.5, 0.6) is 0 Å². The monoisotopic (exact) mass is 411 g/mol. The van der Waals surface area contributed by atoms with Crippen LogP contribution in [0.25, 0.3) is 0 Å². The SMILES string of the molecule is CN=C(NCCC1=CCCCC1)NCC(C)(C)SC.I. The van der Waals surface area contributed by atoms with Crippen LogP contribution in [-0.4, -0.2) is 37.1 Å². The maximum atomic E-state index is 4.27. The molecule has 0 aromatic carbocycles. The maximum Gasteiger partial charge on any atom is 0.191 e. The van der Waals surface area contributed by atoms with Gasteiger partial charge in [-0.2, -0.15) is 11.8 Å². The van der Waals surface area contributed by atoms with E-state index in [0.29, 0.717) is 0 Å². The van der Waals surface area contributed by atoms with Gasteiger partial charge in [0.05, 0.1) is 0 Å². The van der Waals surface area contributed by atoms with Gasteiger partial charge in [0.25, 0.3) is 0 Å². The standard InChI is InChI=1S/C15H29N3S.HI/c1-15(2,19-4)12-18-14(16-3)17-11-10-13-8-6-5-7-9-13;/h8H,5-7,9-12H2,1-4H3,(H2,16,17,18);1H. The molecule has 1 rings (SSSR count). The first-order valence-electron chi connectivity index (χ1n) is 7.25. The third-order valence-electron chi connectivity index (χ3n) is 3.58. The highest BCUT2D eigenvalue weighted by molar-refractivity contribution is 14.0. The molecular weight excluding hydrogens is 381 g/mol. The second kappa shape index (κ2) is 10.8. The normalized spacial score (nSPS) is 16.2. The lowest BCUT2D eigenvalue weighted by atomic mass is 9.97. The van der Waals surface area contributed by atoms with Gasteiger partial charge in [0, 0.05) is 24.9 Å². The van der Waals surface area contributed by atoms with Crippen molar-refractivity contribution >= 4 is 41.7 Å². The number of guanidine groups is 1. The maximum absolute atomic E-state index is 4.27. The number of allylic oxidation sites excluding steroid dienone is 1. The lowest BCUT2D eigenvalue weighted by Crippen LogP contribution is -2.43. The first kappa shape index (κ1) is 20.1. The first-order valence-corrected chi connectivity index (χ1v) is 8.47. The van der Waals surface area contributed by atoms with Gasteiger partial charge in [-0.15, -0.1) is 24.0 Å². The Morgan fingerprint density at radius 1 is 1.35 bits per heavy atom. The molecule has 0 spiro atoms. The molecule has 3 nitrogen and oxygen atoms in total. The number of halogens is 1. The van der Waals surface area contributed by atoms with Crippen molar-refractivity contribution in [2.45, 2.75) is 50.7 Å². The highest BCUT2D eigenvalue weighted by Crippen LogP contribution is 2.20. The van der Waals surface area contributed by atoms with E-state index in [0.717, 1.165) is 25.5 Å². The molecule has 1 aliphatic carbocycles. The van der Waals surface area contributed by atoms with E-state index in [1.165, 1.54) is 25.7 Å². The van der Waals surface area contributed by atoms with Crippen molar-refractivity contribution in [3.8, 4) is 0 Å². The molecule has 1 aliphatic rings. The lowest BCUT2D eigenvalue weighted by molar-refractivity contribution is 0.650. The number of hydrogen-bond acceptors (Lipinski definition) is 2. The van der Waals surface area contributed by atoms with Crippen molar-refractivity contribution in [3.63, 3.8) is 0 Å². The molecule has 0 aliphatic heterocycles. The van der Waals surface area contributed by atoms with Crippen LogP contribution < -0.4 is 10.6 Å². The highest BCUT2D eigenvalue weighted by atomic mass is 127. The molecule has 0 radical (unpaired) electrons. The van der Waals surface area contributed by atoms with E-state index in [1.807, 2.05) is 18.8 Å². The van der Waals surface area contributed by atoms with E-state index in [4.69, 9.17) is 0 Å². The summed E-state index contributed by atoms with van der Waals surface area (Å²) in [6, 6.07) is 0. The molecule has 0 unspecified atom stereocenters. The highest BCUT2D eigenvalue weighted by Gasteiger charge is 2.16. The summed E-state index contributed by atoms with van der Waals surface area (Å²) in [5.74, 6) is 0.915. The van der Waals surface area contributed by atoms with Crippen molar-refractivity contribution in [3.05, 3.63) is 11.6 Å². The second-order valence-electron chi connectivity index (χ2n) is 5.67. The Kier molecular flexibility index (Phi) is 10.8. The smallest absolute Gasteiger partial charge is 0.191 e. The summed E-state index contributed by atoms with van der Waals surface area (Å²) in [6.07, 6.45) is 11.0. The molecule has 0 saturated carbocycles. The largest absolute Gasteiger partial charge is 0.356 e. The number of thioether (sulfide) groups is 1. The summed E-state index contributed by atoms with van der Waals surface area (Å²) in [5.41, 5.74) is 1.61. The van der Waals surface area contributed by atoms with E-state index in [-0.39, 0.29) is 28.7 Å². The number of nitrogens with one attached hydrogen (secondary N) is 2. The van der Waals surface area contributed by atoms with Gasteiger partial charge in [-0.25, -0.2) is 0 Å². The fourth-order valence-corrected chi connectivity index (χ4v) is 2.28. The van der Waals surface area contributed by atoms with Crippen molar-refractivity contribution < 1.29 is 0 Å². The van der Waals surface area contributed by atoms with Crippen LogP contribution in [-0.2, 0) is 0 Å². The summed E-state index contributed by atoms with van der Waals surface area (Å²) >= 11 is 1.87. The molecule has 0 fully saturated rings. The first-order chi connectivity index (χ1) is 9.07. The Balaban J connectivity index is 0.00000361. The average molecular weight is 411 g/mol. The van der Waals surface area contributed by atoms with Crippen LogP contribution in [0.2, 0.25) is 0 Å². The Labute approximate surface area is 145 Å². The van der Waals surface area contributed by atoms with Crippen LogP contribution in [0.4, 0.5) is 0 Å². The zero-order valence-electron chi connectivity index (χ0n) is 13.3. The second-order valence-corrected chi connectivity index (χ2v) is 7.19. The topological polar surface area (TPSA) is 36.4 Å². The number of rotatable bonds is 6. The molecule has 0 bridgehead atoms. The van der Waals surface area contributed by atoms with E-state index < -0.39 is 0 Å². The van der Waals surface area contributed by atoms with Crippen molar-refractivity contribution in [2.75, 3.05) is 26.4 Å². The van der Waals surface area contributed by atoms with Gasteiger partial charge in [-0.1, -0.05) is 11.6 Å². The summed E-state index contributed by atoms with van der Waals surface area (Å²) < 4.78 is 0.240. The van der Waals surface area contributed by atoms with Gasteiger partial charge in [-0.3, -0.25) is 4.99 Å². The molecule has 0 atom stereocenters. The van der Waals surface area contributed by atoms with E-state index in [9.17, 15) is 0 Å². The van der Waals surface area contributed by atoms with Crippen LogP contribution in [0.3, 0.4) is 0 Å². The van der Waals surface area contributed by atoms with Crippen LogP contribution in [0.15, 0.2) is 16.6 Å². The third-order valence-corrected chi connectivity index (χ3v) is 4.83. The fraction of sp³-hybridized carbons (Fsp3) is 0.800. The van der Waals surface area contributed by atoms with Gasteiger partial charge in [0.15, 0.2) is 5.96 Å². The quantitative estimate of drug-likeness (QED) is 0.302. The van der Waals surface area contributed by atoms with E-state index in [1.54, 1.807) is 5.57 Å². The molecule has 2 N–H and O–H groups in total. The van der Waals surface area contributed by atoms with Crippen molar-refractivity contribution in [2.24, 2.45) is 4.99 Å². The molecule has 0 heterocycles. The molecule has 118 valence electrons. The average Bonchev–Trinajstić information content (AvgIpc) is 2.43. The zero-order chi connectivity index (χ0) is 14.1. The minimum Gasteiger partial charge on any atom is -0.356 e. The summed E-state index contributed by atoms with van der Waals surface area (Å²) in [4.78, 5) is 4.27. The predicted molar refractivity (Wildman–Crippen MR) is 104 cm³/mol. The zero-order valence-corrected chi connectivity index (χ0v) is 16.4. The number of hydrogen-bond donors (Lipinski definition) is 2. The predicted octanol–water partition coefficient (Wildman–Crippen LogP) is 3.80. The van der Waals surface area contributed by atoms with Gasteiger partial charge in [-0.05, 0) is 52.2 Å². The Bertz CT molecular complexity index is 327. The summed E-state index contributed by atoms with van der Waals surface area (Å²) in [7, 11) is 1.83. The Morgan fingerprint density at radius 2 is 2.10 bits per heavy atom. The van der Waals surface area contributed by atoms with Gasteiger partial charge >= 0.3 is 0 Å². The van der Waals surface area contributed by atoms with E-state index >= 15 is 0 Å². The number of nitrogens with zero attached hydrogens (tertiary/aromatic N) is 1. The summed E-state index contributed by atoms with van der Waals surface area (Å²) in [5, 5.41) is 6.80. The van der Waals surface area contributed by atoms with E-state index in [2.05, 4.69) is 41.8 Å². The fourth-order valence-electron chi connectivity index (χ4n) is 2.06. The van der Waals surface area contributed by atoms with Gasteiger partial charge < -0.3 is 10.6 Å². The molecule has 5 heteroatoms. The van der Waals surface area contributed by atoms with Crippen molar-refractivity contribution in [1.82, 2.24) is 10.6 Å². The third kappa shape index (κ3) is 8.39. The molecule has 0 saturated heterocycles. The van der Waals surface area contributed by atoms with Crippen molar-refractivity contribution in [1.29, 1.82) is 0 Å². The van der Waals surface area contributed by atoms with Crippen LogP contribution in [0.1, 0.15) is 46.0 Å². The molecular formula is C15H30IN3S. The van der Waals surface area contributed by atoms with Gasteiger partial charge in [0.1, 0.15) is 0 Å².